The number of aromatic carboxylic acids is 1. The molecular weight excluding hydrogens is 330 g/mol. The molecule has 0 aromatic carbocycles. The van der Waals surface area contributed by atoms with E-state index in [2.05, 4.69) is 20.7 Å². The summed E-state index contributed by atoms with van der Waals surface area (Å²) in [6.45, 7) is 1.35. The zero-order valence-electron chi connectivity index (χ0n) is 9.38. The van der Waals surface area contributed by atoms with Gasteiger partial charge in [0, 0.05) is 12.1 Å². The van der Waals surface area contributed by atoms with Crippen molar-refractivity contribution in [2.45, 2.75) is 24.3 Å². The van der Waals surface area contributed by atoms with Gasteiger partial charge in [-0.3, -0.25) is 0 Å². The van der Waals surface area contributed by atoms with Crippen molar-refractivity contribution in [2.75, 3.05) is 6.61 Å². The number of carbonyl (C=O) groups is 1. The van der Waals surface area contributed by atoms with Crippen LogP contribution in [0.1, 0.15) is 23.9 Å². The molecule has 0 spiro atoms. The van der Waals surface area contributed by atoms with Gasteiger partial charge in [0.1, 0.15) is 4.90 Å². The Labute approximate surface area is 112 Å². The Morgan fingerprint density at radius 3 is 2.61 bits per heavy atom. The first-order valence-electron chi connectivity index (χ1n) is 4.97. The van der Waals surface area contributed by atoms with Gasteiger partial charge in [-0.2, -0.15) is 0 Å². The van der Waals surface area contributed by atoms with Crippen LogP contribution >= 0.6 is 15.9 Å². The van der Waals surface area contributed by atoms with Crippen molar-refractivity contribution < 1.29 is 27.8 Å². The minimum absolute atomic E-state index is 0.194. The average molecular weight is 342 g/mol. The molecule has 0 bridgehead atoms. The number of hydrogen-bond acceptors (Lipinski definition) is 5. The number of aliphatic hydroxyl groups is 1. The Balaban J connectivity index is 3.09. The number of halogens is 1. The van der Waals surface area contributed by atoms with Gasteiger partial charge < -0.3 is 14.6 Å². The lowest BCUT2D eigenvalue weighted by Crippen LogP contribution is -2.36. The van der Waals surface area contributed by atoms with Crippen molar-refractivity contribution in [3.63, 3.8) is 0 Å². The number of carboxylic acid groups (broad SMARTS) is 1. The van der Waals surface area contributed by atoms with Crippen molar-refractivity contribution in [3.8, 4) is 0 Å². The van der Waals surface area contributed by atoms with E-state index in [1.165, 1.54) is 0 Å². The molecule has 0 aliphatic carbocycles. The van der Waals surface area contributed by atoms with E-state index in [4.69, 9.17) is 14.6 Å². The van der Waals surface area contributed by atoms with Crippen LogP contribution in [0.15, 0.2) is 20.0 Å². The highest BCUT2D eigenvalue weighted by Gasteiger charge is 2.26. The molecule has 7 nitrogen and oxygen atoms in total. The second-order valence-corrected chi connectivity index (χ2v) is 5.87. The summed E-state index contributed by atoms with van der Waals surface area (Å²) in [6.07, 6.45) is 0.400. The third-order valence-corrected chi connectivity index (χ3v) is 4.57. The summed E-state index contributed by atoms with van der Waals surface area (Å²) >= 11 is 2.84. The van der Waals surface area contributed by atoms with Crippen molar-refractivity contribution in [2.24, 2.45) is 0 Å². The van der Waals surface area contributed by atoms with Crippen LogP contribution in [-0.4, -0.2) is 37.2 Å². The molecule has 1 atom stereocenters. The fourth-order valence-corrected chi connectivity index (χ4v) is 3.42. The summed E-state index contributed by atoms with van der Waals surface area (Å²) in [7, 11) is -3.94. The van der Waals surface area contributed by atoms with Gasteiger partial charge in [-0.1, -0.05) is 6.92 Å². The van der Waals surface area contributed by atoms with Gasteiger partial charge in [0.05, 0.1) is 6.61 Å². The quantitative estimate of drug-likeness (QED) is 0.704. The minimum Gasteiger partial charge on any atom is -0.475 e. The van der Waals surface area contributed by atoms with E-state index in [9.17, 15) is 13.2 Å². The molecular formula is C9H12BrNO6S. The lowest BCUT2D eigenvalue weighted by Gasteiger charge is -2.13. The Hall–Kier alpha value is -0.900. The molecule has 3 N–H and O–H groups in total. The zero-order valence-corrected chi connectivity index (χ0v) is 11.8. The first-order valence-corrected chi connectivity index (χ1v) is 7.25. The molecule has 1 rings (SSSR count). The van der Waals surface area contributed by atoms with E-state index in [0.717, 1.165) is 6.07 Å². The second kappa shape index (κ2) is 5.83. The van der Waals surface area contributed by atoms with E-state index < -0.39 is 27.8 Å². The summed E-state index contributed by atoms with van der Waals surface area (Å²) in [4.78, 5) is 10.3. The normalized spacial score (nSPS) is 13.5. The van der Waals surface area contributed by atoms with Crippen LogP contribution in [0.25, 0.3) is 0 Å². The number of furan rings is 1. The summed E-state index contributed by atoms with van der Waals surface area (Å²) in [5.74, 6) is -1.86. The average Bonchev–Trinajstić information content (AvgIpc) is 2.69. The molecule has 1 aromatic heterocycles. The zero-order chi connectivity index (χ0) is 13.9. The van der Waals surface area contributed by atoms with E-state index in [1.807, 2.05) is 0 Å². The number of nitrogens with one attached hydrogen (secondary N) is 1. The fourth-order valence-electron chi connectivity index (χ4n) is 1.17. The van der Waals surface area contributed by atoms with Gasteiger partial charge in [-0.25, -0.2) is 17.9 Å². The molecule has 0 radical (unpaired) electrons. The first kappa shape index (κ1) is 15.2. The summed E-state index contributed by atoms with van der Waals surface area (Å²) in [5.41, 5.74) is 0. The SMILES string of the molecule is CC[C@H](CO)NS(=O)(=O)c1cc(C(=O)O)oc1Br. The second-order valence-electron chi connectivity index (χ2n) is 3.46. The molecule has 0 amide bonds. The predicted molar refractivity (Wildman–Crippen MR) is 64.9 cm³/mol. The van der Waals surface area contributed by atoms with Crippen molar-refractivity contribution in [3.05, 3.63) is 16.5 Å². The number of aliphatic hydroxyl groups excluding tert-OH is 1. The van der Waals surface area contributed by atoms with Crippen LogP contribution in [0.2, 0.25) is 0 Å². The molecule has 18 heavy (non-hydrogen) atoms. The highest BCUT2D eigenvalue weighted by molar-refractivity contribution is 9.10. The Morgan fingerprint density at radius 2 is 2.22 bits per heavy atom. The summed E-state index contributed by atoms with van der Waals surface area (Å²) in [6, 6.07) is 0.267. The molecule has 0 saturated carbocycles. The van der Waals surface area contributed by atoms with E-state index in [-0.39, 0.29) is 16.2 Å². The lowest BCUT2D eigenvalue weighted by atomic mass is 10.3. The van der Waals surface area contributed by atoms with Gasteiger partial charge in [-0.05, 0) is 22.4 Å². The van der Waals surface area contributed by atoms with Gasteiger partial charge in [0.2, 0.25) is 15.8 Å². The molecule has 0 aliphatic heterocycles. The lowest BCUT2D eigenvalue weighted by molar-refractivity contribution is 0.0661. The highest BCUT2D eigenvalue weighted by Crippen LogP contribution is 2.26. The predicted octanol–water partition coefficient (Wildman–Crippen LogP) is 0.790. The number of rotatable bonds is 6. The van der Waals surface area contributed by atoms with Gasteiger partial charge >= 0.3 is 5.97 Å². The van der Waals surface area contributed by atoms with Gasteiger partial charge in [-0.15, -0.1) is 0 Å². The maximum Gasteiger partial charge on any atom is 0.371 e. The Bertz CT molecular complexity index is 533. The van der Waals surface area contributed by atoms with Crippen LogP contribution in [0.3, 0.4) is 0 Å². The summed E-state index contributed by atoms with van der Waals surface area (Å²) < 4.78 is 30.6. The molecule has 0 unspecified atom stereocenters. The number of hydrogen-bond donors (Lipinski definition) is 3. The first-order chi connectivity index (χ1) is 8.31. The summed E-state index contributed by atoms with van der Waals surface area (Å²) in [5, 5.41) is 17.6. The monoisotopic (exact) mass is 341 g/mol. The van der Waals surface area contributed by atoms with E-state index in [1.54, 1.807) is 6.92 Å². The molecule has 1 aromatic rings. The van der Waals surface area contributed by atoms with Crippen LogP contribution < -0.4 is 4.72 Å². The molecule has 0 saturated heterocycles. The van der Waals surface area contributed by atoms with Crippen molar-refractivity contribution in [1.82, 2.24) is 4.72 Å². The number of sulfonamides is 1. The standard InChI is InChI=1S/C9H12BrNO6S/c1-2-5(4-12)11-18(15,16)7-3-6(9(13)14)17-8(7)10/h3,5,11-12H,2,4H2,1H3,(H,13,14)/t5-/m1/s1. The largest absolute Gasteiger partial charge is 0.475 e. The van der Waals surface area contributed by atoms with Crippen LogP contribution in [0, 0.1) is 0 Å². The smallest absolute Gasteiger partial charge is 0.371 e. The minimum atomic E-state index is -3.94. The van der Waals surface area contributed by atoms with Crippen molar-refractivity contribution >= 4 is 31.9 Å². The van der Waals surface area contributed by atoms with Crippen LogP contribution in [0.4, 0.5) is 0 Å². The molecule has 0 aliphatic rings. The third-order valence-electron chi connectivity index (χ3n) is 2.19. The fraction of sp³-hybridized carbons (Fsp3) is 0.444. The van der Waals surface area contributed by atoms with Gasteiger partial charge in [0.15, 0.2) is 4.67 Å². The molecule has 9 heteroatoms. The molecule has 0 fully saturated rings. The highest BCUT2D eigenvalue weighted by atomic mass is 79.9. The van der Waals surface area contributed by atoms with Crippen LogP contribution in [0.5, 0.6) is 0 Å². The maximum absolute atomic E-state index is 11.9. The van der Waals surface area contributed by atoms with E-state index >= 15 is 0 Å². The van der Waals surface area contributed by atoms with Crippen molar-refractivity contribution in [1.29, 1.82) is 0 Å². The topological polar surface area (TPSA) is 117 Å². The van der Waals surface area contributed by atoms with Crippen LogP contribution in [-0.2, 0) is 10.0 Å². The Morgan fingerprint density at radius 1 is 1.61 bits per heavy atom. The molecule has 102 valence electrons. The Kier molecular flexibility index (Phi) is 4.91. The third kappa shape index (κ3) is 3.31. The molecule has 1 heterocycles. The number of carboxylic acids is 1. The van der Waals surface area contributed by atoms with Gasteiger partial charge in [0.25, 0.3) is 0 Å². The maximum atomic E-state index is 11.9. The van der Waals surface area contributed by atoms with E-state index in [0.29, 0.717) is 6.42 Å².